The number of carbonyl (C=O) groups excluding carboxylic acids is 1. The standard InChI is InChI=1S/C14H18FNO3S/c1-2-11-3-5-12(6-4-11)7-8-16-10-13(9-14(16)17)20(15,18)19/h3-6,13H,2,7-10H2,1H3. The van der Waals surface area contributed by atoms with E-state index in [0.29, 0.717) is 13.0 Å². The van der Waals surface area contributed by atoms with Gasteiger partial charge >= 0.3 is 10.2 Å². The maximum atomic E-state index is 12.9. The number of hydrogen-bond acceptors (Lipinski definition) is 3. The Morgan fingerprint density at radius 1 is 1.25 bits per heavy atom. The molecular formula is C14H18FNO3S. The van der Waals surface area contributed by atoms with E-state index in [-0.39, 0.29) is 18.9 Å². The van der Waals surface area contributed by atoms with E-state index in [1.165, 1.54) is 10.5 Å². The van der Waals surface area contributed by atoms with Crippen LogP contribution in [0.15, 0.2) is 24.3 Å². The van der Waals surface area contributed by atoms with E-state index in [0.717, 1.165) is 12.0 Å². The van der Waals surface area contributed by atoms with Gasteiger partial charge in [0, 0.05) is 19.5 Å². The lowest BCUT2D eigenvalue weighted by Gasteiger charge is -2.15. The maximum absolute atomic E-state index is 12.9. The quantitative estimate of drug-likeness (QED) is 0.778. The molecule has 0 spiro atoms. The highest BCUT2D eigenvalue weighted by Gasteiger charge is 2.37. The summed E-state index contributed by atoms with van der Waals surface area (Å²) < 4.78 is 34.5. The Morgan fingerprint density at radius 2 is 1.85 bits per heavy atom. The van der Waals surface area contributed by atoms with E-state index in [4.69, 9.17) is 0 Å². The Bertz CT molecular complexity index is 583. The lowest BCUT2D eigenvalue weighted by molar-refractivity contribution is -0.127. The van der Waals surface area contributed by atoms with Crippen molar-refractivity contribution in [1.82, 2.24) is 4.90 Å². The monoisotopic (exact) mass is 299 g/mol. The van der Waals surface area contributed by atoms with Crippen LogP contribution in [-0.2, 0) is 27.9 Å². The topological polar surface area (TPSA) is 54.5 Å². The minimum Gasteiger partial charge on any atom is -0.341 e. The molecule has 0 bridgehead atoms. The average molecular weight is 299 g/mol. The first-order valence-corrected chi connectivity index (χ1v) is 8.14. The number of likely N-dealkylation sites (tertiary alicyclic amines) is 1. The highest BCUT2D eigenvalue weighted by molar-refractivity contribution is 7.87. The van der Waals surface area contributed by atoms with E-state index in [9.17, 15) is 17.1 Å². The fourth-order valence-electron chi connectivity index (χ4n) is 2.35. The van der Waals surface area contributed by atoms with E-state index in [1.807, 2.05) is 24.3 Å². The number of nitrogens with zero attached hydrogens (tertiary/aromatic N) is 1. The van der Waals surface area contributed by atoms with Crippen LogP contribution in [0.2, 0.25) is 0 Å². The Morgan fingerprint density at radius 3 is 2.35 bits per heavy atom. The van der Waals surface area contributed by atoms with Crippen LogP contribution in [0.5, 0.6) is 0 Å². The molecule has 20 heavy (non-hydrogen) atoms. The summed E-state index contributed by atoms with van der Waals surface area (Å²) in [6.07, 6.45) is 1.38. The second-order valence-electron chi connectivity index (χ2n) is 5.06. The molecule has 0 aromatic heterocycles. The predicted octanol–water partition coefficient (Wildman–Crippen LogP) is 1.69. The molecule has 1 aliphatic rings. The van der Waals surface area contributed by atoms with Crippen molar-refractivity contribution in [3.8, 4) is 0 Å². The summed E-state index contributed by atoms with van der Waals surface area (Å²) in [6, 6.07) is 8.08. The summed E-state index contributed by atoms with van der Waals surface area (Å²) in [5.74, 6) is -0.290. The highest BCUT2D eigenvalue weighted by Crippen LogP contribution is 2.20. The van der Waals surface area contributed by atoms with Crippen molar-refractivity contribution in [2.45, 2.75) is 31.4 Å². The Hall–Kier alpha value is -1.43. The molecule has 6 heteroatoms. The third kappa shape index (κ3) is 3.56. The molecule has 4 nitrogen and oxygen atoms in total. The van der Waals surface area contributed by atoms with Crippen LogP contribution >= 0.6 is 0 Å². The molecule has 0 N–H and O–H groups in total. The van der Waals surface area contributed by atoms with Crippen molar-refractivity contribution < 1.29 is 17.1 Å². The van der Waals surface area contributed by atoms with Gasteiger partial charge in [0.1, 0.15) is 5.25 Å². The molecule has 1 unspecified atom stereocenters. The van der Waals surface area contributed by atoms with Gasteiger partial charge in [-0.3, -0.25) is 4.79 Å². The fraction of sp³-hybridized carbons (Fsp3) is 0.500. The molecular weight excluding hydrogens is 281 g/mol. The van der Waals surface area contributed by atoms with Crippen molar-refractivity contribution in [3.05, 3.63) is 35.4 Å². The van der Waals surface area contributed by atoms with E-state index in [2.05, 4.69) is 6.92 Å². The van der Waals surface area contributed by atoms with Crippen molar-refractivity contribution in [3.63, 3.8) is 0 Å². The molecule has 0 aliphatic carbocycles. The normalized spacial score (nSPS) is 19.6. The number of benzene rings is 1. The molecule has 1 amide bonds. The number of carbonyl (C=O) groups is 1. The molecule has 1 aromatic carbocycles. The molecule has 1 fully saturated rings. The minimum atomic E-state index is -4.62. The number of hydrogen-bond donors (Lipinski definition) is 0. The van der Waals surface area contributed by atoms with Crippen LogP contribution in [0.3, 0.4) is 0 Å². The molecule has 110 valence electrons. The summed E-state index contributed by atoms with van der Waals surface area (Å²) in [6.45, 7) is 2.47. The van der Waals surface area contributed by atoms with Crippen LogP contribution in [0.25, 0.3) is 0 Å². The molecule has 0 radical (unpaired) electrons. The van der Waals surface area contributed by atoms with Gasteiger partial charge < -0.3 is 4.90 Å². The first-order chi connectivity index (χ1) is 9.40. The first-order valence-electron chi connectivity index (χ1n) is 6.69. The molecule has 1 atom stereocenters. The minimum absolute atomic E-state index is 0.0370. The van der Waals surface area contributed by atoms with Crippen LogP contribution in [0.4, 0.5) is 3.89 Å². The lowest BCUT2D eigenvalue weighted by atomic mass is 10.1. The number of amides is 1. The van der Waals surface area contributed by atoms with Gasteiger partial charge in [-0.1, -0.05) is 31.2 Å². The third-order valence-electron chi connectivity index (χ3n) is 3.68. The van der Waals surface area contributed by atoms with Gasteiger partial charge in [-0.15, -0.1) is 3.89 Å². The van der Waals surface area contributed by atoms with Gasteiger partial charge in [-0.25, -0.2) is 0 Å². The number of rotatable bonds is 5. The largest absolute Gasteiger partial charge is 0.341 e. The molecule has 2 rings (SSSR count). The Kier molecular flexibility index (Phi) is 4.42. The third-order valence-corrected chi connectivity index (χ3v) is 4.79. The SMILES string of the molecule is CCc1ccc(CCN2CC(S(=O)(=O)F)CC2=O)cc1. The summed E-state index contributed by atoms with van der Waals surface area (Å²) in [7, 11) is -4.62. The fourth-order valence-corrected chi connectivity index (χ4v) is 3.05. The molecule has 0 saturated carbocycles. The smallest absolute Gasteiger partial charge is 0.307 e. The second-order valence-corrected chi connectivity index (χ2v) is 6.68. The van der Waals surface area contributed by atoms with Crippen molar-refractivity contribution in [2.75, 3.05) is 13.1 Å². The lowest BCUT2D eigenvalue weighted by Crippen LogP contribution is -2.29. The zero-order valence-electron chi connectivity index (χ0n) is 11.4. The van der Waals surface area contributed by atoms with Crippen LogP contribution < -0.4 is 0 Å². The van der Waals surface area contributed by atoms with Crippen molar-refractivity contribution in [2.24, 2.45) is 0 Å². The van der Waals surface area contributed by atoms with Gasteiger partial charge in [0.05, 0.1) is 0 Å². The van der Waals surface area contributed by atoms with Crippen LogP contribution in [0.1, 0.15) is 24.5 Å². The Labute approximate surface area is 118 Å². The highest BCUT2D eigenvalue weighted by atomic mass is 32.3. The van der Waals surface area contributed by atoms with Gasteiger partial charge in [-0.2, -0.15) is 8.42 Å². The number of aryl methyl sites for hydroxylation is 1. The van der Waals surface area contributed by atoms with Crippen LogP contribution in [0, 0.1) is 0 Å². The van der Waals surface area contributed by atoms with Gasteiger partial charge in [-0.05, 0) is 24.0 Å². The second kappa shape index (κ2) is 5.91. The van der Waals surface area contributed by atoms with Crippen molar-refractivity contribution in [1.29, 1.82) is 0 Å². The van der Waals surface area contributed by atoms with Gasteiger partial charge in [0.25, 0.3) is 0 Å². The maximum Gasteiger partial charge on any atom is 0.307 e. The van der Waals surface area contributed by atoms with E-state index < -0.39 is 15.5 Å². The van der Waals surface area contributed by atoms with Gasteiger partial charge in [0.2, 0.25) is 5.91 Å². The van der Waals surface area contributed by atoms with Gasteiger partial charge in [0.15, 0.2) is 0 Å². The molecule has 1 heterocycles. The van der Waals surface area contributed by atoms with E-state index in [1.54, 1.807) is 0 Å². The average Bonchev–Trinajstić information content (AvgIpc) is 2.78. The predicted molar refractivity (Wildman–Crippen MR) is 74.5 cm³/mol. The zero-order chi connectivity index (χ0) is 14.8. The first kappa shape index (κ1) is 15.0. The molecule has 1 aromatic rings. The summed E-state index contributed by atoms with van der Waals surface area (Å²) in [5.41, 5.74) is 2.33. The number of halogens is 1. The molecule has 1 saturated heterocycles. The zero-order valence-corrected chi connectivity index (χ0v) is 12.2. The summed E-state index contributed by atoms with van der Waals surface area (Å²) in [5, 5.41) is -1.20. The van der Waals surface area contributed by atoms with E-state index >= 15 is 0 Å². The summed E-state index contributed by atoms with van der Waals surface area (Å²) in [4.78, 5) is 13.1. The van der Waals surface area contributed by atoms with Crippen LogP contribution in [-0.4, -0.2) is 37.6 Å². The Balaban J connectivity index is 1.92. The van der Waals surface area contributed by atoms with Crippen molar-refractivity contribution >= 4 is 16.1 Å². The molecule has 1 aliphatic heterocycles. The summed E-state index contributed by atoms with van der Waals surface area (Å²) >= 11 is 0.